The molecule has 1 aromatic heterocycles. The predicted molar refractivity (Wildman–Crippen MR) is 85.0 cm³/mol. The van der Waals surface area contributed by atoms with Gasteiger partial charge in [0.15, 0.2) is 17.7 Å². The normalized spacial score (nSPS) is 11.4. The van der Waals surface area contributed by atoms with Gasteiger partial charge in [0.25, 0.3) is 5.56 Å². The number of nitrogens with one attached hydrogen (secondary N) is 2. The largest absolute Gasteiger partial charge is 0.319 e. The molecule has 0 fully saturated rings. The van der Waals surface area contributed by atoms with Crippen LogP contribution in [0.2, 0.25) is 0 Å². The molecular weight excluding hydrogens is 299 g/mol. The lowest BCUT2D eigenvalue weighted by Crippen LogP contribution is -2.22. The zero-order valence-electron chi connectivity index (χ0n) is 11.8. The molecule has 7 heteroatoms. The minimum absolute atomic E-state index is 0.0895. The van der Waals surface area contributed by atoms with Gasteiger partial charge in [0.1, 0.15) is 5.82 Å². The average molecular weight is 310 g/mol. The van der Waals surface area contributed by atoms with Crippen LogP contribution in [0.1, 0.15) is 5.69 Å². The van der Waals surface area contributed by atoms with Crippen LogP contribution in [0.5, 0.6) is 0 Å². The highest BCUT2D eigenvalue weighted by Gasteiger charge is 2.11. The van der Waals surface area contributed by atoms with E-state index in [2.05, 4.69) is 20.5 Å². The first-order valence-electron chi connectivity index (χ1n) is 6.71. The molecule has 0 saturated carbocycles. The Balaban J connectivity index is 1.98. The summed E-state index contributed by atoms with van der Waals surface area (Å²) < 4.78 is 12.8. The third-order valence-corrected chi connectivity index (χ3v) is 3.10. The molecule has 0 radical (unpaired) electrons. The number of anilines is 1. The second-order valence-corrected chi connectivity index (χ2v) is 4.67. The van der Waals surface area contributed by atoms with Gasteiger partial charge in [-0.1, -0.05) is 12.1 Å². The van der Waals surface area contributed by atoms with Gasteiger partial charge >= 0.3 is 0 Å². The Labute approximate surface area is 129 Å². The molecular formula is C16H11FN4O2. The van der Waals surface area contributed by atoms with Crippen molar-refractivity contribution in [3.05, 3.63) is 70.4 Å². The summed E-state index contributed by atoms with van der Waals surface area (Å²) in [5.41, 5.74) is 3.42. The number of hydrazone groups is 1. The van der Waals surface area contributed by atoms with Crippen LogP contribution >= 0.6 is 0 Å². The van der Waals surface area contributed by atoms with Gasteiger partial charge in [0.2, 0.25) is 0 Å². The second kappa shape index (κ2) is 6.18. The molecule has 0 saturated heterocycles. The van der Waals surface area contributed by atoms with Crippen molar-refractivity contribution >= 4 is 28.7 Å². The van der Waals surface area contributed by atoms with Crippen molar-refractivity contribution in [2.45, 2.75) is 0 Å². The maximum Gasteiger partial charge on any atom is 0.276 e. The monoisotopic (exact) mass is 310 g/mol. The number of hydrogen-bond acceptors (Lipinski definition) is 5. The molecule has 0 spiro atoms. The topological polar surface area (TPSA) is 87.2 Å². The number of aromatic amines is 1. The molecule has 3 rings (SSSR count). The van der Waals surface area contributed by atoms with Gasteiger partial charge in [0, 0.05) is 0 Å². The maximum absolute atomic E-state index is 12.8. The summed E-state index contributed by atoms with van der Waals surface area (Å²) in [5.74, 6) is -0.386. The van der Waals surface area contributed by atoms with Crippen LogP contribution in [0.25, 0.3) is 11.0 Å². The minimum Gasteiger partial charge on any atom is -0.319 e. The van der Waals surface area contributed by atoms with Gasteiger partial charge in [-0.2, -0.15) is 5.10 Å². The summed E-state index contributed by atoms with van der Waals surface area (Å²) >= 11 is 0. The number of fused-ring (bicyclic) bond motifs is 1. The first-order valence-corrected chi connectivity index (χ1v) is 6.71. The van der Waals surface area contributed by atoms with E-state index in [1.807, 2.05) is 0 Å². The first kappa shape index (κ1) is 14.6. The van der Waals surface area contributed by atoms with E-state index in [1.54, 1.807) is 24.3 Å². The number of aldehydes is 1. The second-order valence-electron chi connectivity index (χ2n) is 4.67. The van der Waals surface area contributed by atoms with Gasteiger partial charge in [0.05, 0.1) is 16.7 Å². The van der Waals surface area contributed by atoms with Crippen molar-refractivity contribution in [1.29, 1.82) is 0 Å². The number of halogens is 1. The first-order chi connectivity index (χ1) is 11.2. The zero-order valence-corrected chi connectivity index (χ0v) is 11.8. The van der Waals surface area contributed by atoms with E-state index in [1.165, 1.54) is 24.3 Å². The Morgan fingerprint density at radius 2 is 1.91 bits per heavy atom. The molecule has 0 amide bonds. The number of nitrogens with zero attached hydrogens (tertiary/aromatic N) is 2. The van der Waals surface area contributed by atoms with Crippen molar-refractivity contribution < 1.29 is 9.18 Å². The predicted octanol–water partition coefficient (Wildman–Crippen LogP) is 2.08. The SMILES string of the molecule is O=C/C(=N\Nc1ccc(F)cc1)c1nc2ccccc2[nH]c1=O. The molecule has 0 unspecified atom stereocenters. The summed E-state index contributed by atoms with van der Waals surface area (Å²) in [4.78, 5) is 30.1. The van der Waals surface area contributed by atoms with Crippen molar-refractivity contribution in [1.82, 2.24) is 9.97 Å². The van der Waals surface area contributed by atoms with Gasteiger partial charge < -0.3 is 4.98 Å². The molecule has 1 heterocycles. The fraction of sp³-hybridized carbons (Fsp3) is 0. The number of H-pyrrole nitrogens is 1. The number of rotatable bonds is 4. The number of aromatic nitrogens is 2. The van der Waals surface area contributed by atoms with Crippen LogP contribution in [0.4, 0.5) is 10.1 Å². The van der Waals surface area contributed by atoms with Crippen LogP contribution < -0.4 is 11.0 Å². The molecule has 6 nitrogen and oxygen atoms in total. The van der Waals surface area contributed by atoms with Crippen molar-refractivity contribution in [2.75, 3.05) is 5.43 Å². The number of hydrogen-bond donors (Lipinski definition) is 2. The number of carbonyl (C=O) groups is 1. The van der Waals surface area contributed by atoms with Crippen molar-refractivity contribution in [2.24, 2.45) is 5.10 Å². The van der Waals surface area contributed by atoms with Gasteiger partial charge in [-0.3, -0.25) is 15.0 Å². The molecule has 114 valence electrons. The van der Waals surface area contributed by atoms with E-state index < -0.39 is 5.56 Å². The molecule has 0 atom stereocenters. The Morgan fingerprint density at radius 1 is 1.17 bits per heavy atom. The van der Waals surface area contributed by atoms with Crippen LogP contribution in [0, 0.1) is 5.82 Å². The lowest BCUT2D eigenvalue weighted by molar-refractivity contribution is -0.102. The Hall–Kier alpha value is -3.35. The van der Waals surface area contributed by atoms with E-state index in [0.29, 0.717) is 23.0 Å². The highest BCUT2D eigenvalue weighted by Crippen LogP contribution is 2.09. The summed E-state index contributed by atoms with van der Waals surface area (Å²) in [5, 5.41) is 3.87. The average Bonchev–Trinajstić information content (AvgIpc) is 2.57. The fourth-order valence-corrected chi connectivity index (χ4v) is 1.99. The van der Waals surface area contributed by atoms with Crippen LogP contribution in [-0.4, -0.2) is 22.0 Å². The Kier molecular flexibility index (Phi) is 3.92. The summed E-state index contributed by atoms with van der Waals surface area (Å²) in [6.07, 6.45) is 0.433. The molecule has 0 bridgehead atoms. The van der Waals surface area contributed by atoms with E-state index >= 15 is 0 Å². The maximum atomic E-state index is 12.8. The number of benzene rings is 2. The molecule has 0 aliphatic heterocycles. The zero-order chi connectivity index (χ0) is 16.2. The highest BCUT2D eigenvalue weighted by atomic mass is 19.1. The molecule has 3 aromatic rings. The molecule has 2 N–H and O–H groups in total. The van der Waals surface area contributed by atoms with Gasteiger partial charge in [-0.25, -0.2) is 9.37 Å². The molecule has 0 aliphatic rings. The van der Waals surface area contributed by atoms with Gasteiger partial charge in [-0.15, -0.1) is 0 Å². The van der Waals surface area contributed by atoms with Crippen LogP contribution in [-0.2, 0) is 4.79 Å². The summed E-state index contributed by atoms with van der Waals surface area (Å²) in [6, 6.07) is 12.4. The quantitative estimate of drug-likeness (QED) is 0.439. The Morgan fingerprint density at radius 3 is 2.65 bits per heavy atom. The number of carbonyl (C=O) groups excluding carboxylic acids is 1. The highest BCUT2D eigenvalue weighted by molar-refractivity contribution is 6.35. The summed E-state index contributed by atoms with van der Waals surface area (Å²) in [7, 11) is 0. The van der Waals surface area contributed by atoms with Crippen LogP contribution in [0.15, 0.2) is 58.4 Å². The smallest absolute Gasteiger partial charge is 0.276 e. The van der Waals surface area contributed by atoms with Crippen molar-refractivity contribution in [3.8, 4) is 0 Å². The third kappa shape index (κ3) is 3.13. The molecule has 23 heavy (non-hydrogen) atoms. The lowest BCUT2D eigenvalue weighted by Gasteiger charge is -2.03. The van der Waals surface area contributed by atoms with E-state index in [-0.39, 0.29) is 17.2 Å². The van der Waals surface area contributed by atoms with Crippen LogP contribution in [0.3, 0.4) is 0 Å². The standard InChI is InChI=1S/C16H11FN4O2/c17-10-5-7-11(8-6-10)20-21-14(9-22)15-16(23)19-13-4-2-1-3-12(13)18-15/h1-9,20H,(H,19,23)/b21-14+. The molecule has 2 aromatic carbocycles. The van der Waals surface area contributed by atoms with E-state index in [0.717, 1.165) is 0 Å². The third-order valence-electron chi connectivity index (χ3n) is 3.10. The van der Waals surface area contributed by atoms with Gasteiger partial charge in [-0.05, 0) is 36.4 Å². The lowest BCUT2D eigenvalue weighted by atomic mass is 10.2. The molecule has 0 aliphatic carbocycles. The van der Waals surface area contributed by atoms with E-state index in [9.17, 15) is 14.0 Å². The summed E-state index contributed by atoms with van der Waals surface area (Å²) in [6.45, 7) is 0. The fourth-order valence-electron chi connectivity index (χ4n) is 1.99. The Bertz CT molecular complexity index is 948. The minimum atomic E-state index is -0.518. The number of para-hydroxylation sites is 2. The van der Waals surface area contributed by atoms with E-state index in [4.69, 9.17) is 0 Å². The van der Waals surface area contributed by atoms with Crippen molar-refractivity contribution in [3.63, 3.8) is 0 Å².